The first kappa shape index (κ1) is 28.8. The van der Waals surface area contributed by atoms with Crippen molar-refractivity contribution in [3.05, 3.63) is 93.9 Å². The second-order valence-corrected chi connectivity index (χ2v) is 12.8. The van der Waals surface area contributed by atoms with E-state index in [1.807, 2.05) is 45.2 Å². The van der Waals surface area contributed by atoms with E-state index in [9.17, 15) is 13.2 Å². The summed E-state index contributed by atoms with van der Waals surface area (Å²) in [7, 11) is -1.79. The first-order chi connectivity index (χ1) is 19.6. The molecule has 1 saturated heterocycles. The van der Waals surface area contributed by atoms with Crippen LogP contribution in [0.3, 0.4) is 0 Å². The number of aryl methyl sites for hydroxylation is 3. The highest BCUT2D eigenvalue weighted by Crippen LogP contribution is 2.33. The van der Waals surface area contributed by atoms with Crippen molar-refractivity contribution in [3.8, 4) is 11.1 Å². The van der Waals surface area contributed by atoms with Gasteiger partial charge in [0, 0.05) is 36.8 Å². The van der Waals surface area contributed by atoms with Crippen molar-refractivity contribution < 1.29 is 13.2 Å². The molecule has 1 fully saturated rings. The number of hydrogen-bond donors (Lipinski definition) is 2. The Morgan fingerprint density at radius 3 is 2.27 bits per heavy atom. The Kier molecular flexibility index (Phi) is 8.16. The van der Waals surface area contributed by atoms with Gasteiger partial charge in [0.15, 0.2) is 0 Å². The number of hydrogen-bond acceptors (Lipinski definition) is 5. The average molecular weight is 571 g/mol. The second kappa shape index (κ2) is 11.6. The van der Waals surface area contributed by atoms with E-state index < -0.39 is 15.6 Å². The minimum absolute atomic E-state index is 0.161. The number of amidine groups is 1. The van der Waals surface area contributed by atoms with E-state index >= 15 is 0 Å². The molecule has 0 atom stereocenters. The zero-order valence-electron chi connectivity index (χ0n) is 24.2. The van der Waals surface area contributed by atoms with Crippen LogP contribution < -0.4 is 10.6 Å². The van der Waals surface area contributed by atoms with Crippen LogP contribution in [0.1, 0.15) is 54.0 Å². The Labute approximate surface area is 243 Å². The smallest absolute Gasteiger partial charge is 0.253 e. The van der Waals surface area contributed by atoms with Gasteiger partial charge in [0.25, 0.3) is 5.91 Å². The Balaban J connectivity index is 1.31. The molecule has 0 saturated carbocycles. The molecule has 2 N–H and O–H groups in total. The van der Waals surface area contributed by atoms with Gasteiger partial charge in [0.2, 0.25) is 10.0 Å². The van der Waals surface area contributed by atoms with Gasteiger partial charge in [0.05, 0.1) is 0 Å². The molecule has 1 amide bonds. The maximum absolute atomic E-state index is 13.2. The first-order valence-corrected chi connectivity index (χ1v) is 15.7. The minimum atomic E-state index is -3.65. The lowest BCUT2D eigenvalue weighted by atomic mass is 9.89. The van der Waals surface area contributed by atoms with E-state index in [1.165, 1.54) is 15.3 Å². The minimum Gasteiger partial charge on any atom is -0.388 e. The van der Waals surface area contributed by atoms with E-state index in [0.717, 1.165) is 51.9 Å². The summed E-state index contributed by atoms with van der Waals surface area (Å²) < 4.78 is 27.9. The van der Waals surface area contributed by atoms with Crippen molar-refractivity contribution in [1.82, 2.24) is 9.62 Å². The van der Waals surface area contributed by atoms with Crippen LogP contribution in [0, 0.1) is 13.8 Å². The standard InChI is InChI=1S/C33H38N4O3S/c1-5-8-25-9-6-10-26(21-25)27-11-7-12-28(22-27)31-35-32(38)33(36-31)14-16-37(17-15-33)41(39,40)18-13-30-23(2)19-29(34-4)20-24(30)3/h6-7,9-13,18-22,34H,5,8,14-17H2,1-4H3,(H,35,36,38). The van der Waals surface area contributed by atoms with Crippen molar-refractivity contribution in [2.24, 2.45) is 4.99 Å². The zero-order valence-corrected chi connectivity index (χ0v) is 25.0. The first-order valence-electron chi connectivity index (χ1n) is 14.2. The maximum Gasteiger partial charge on any atom is 0.253 e. The van der Waals surface area contributed by atoms with Gasteiger partial charge >= 0.3 is 0 Å². The number of piperidine rings is 1. The summed E-state index contributed by atoms with van der Waals surface area (Å²) in [5, 5.41) is 7.39. The van der Waals surface area contributed by atoms with Crippen LogP contribution in [0.2, 0.25) is 0 Å². The molecule has 3 aromatic rings. The third-order valence-electron chi connectivity index (χ3n) is 8.11. The number of rotatable bonds is 8. The quantitative estimate of drug-likeness (QED) is 0.365. The molecule has 8 heteroatoms. The molecule has 5 rings (SSSR count). The van der Waals surface area contributed by atoms with Crippen LogP contribution in [0.25, 0.3) is 17.2 Å². The van der Waals surface area contributed by atoms with Crippen LogP contribution in [-0.4, -0.2) is 50.1 Å². The molecular weight excluding hydrogens is 532 g/mol. The predicted octanol–water partition coefficient (Wildman–Crippen LogP) is 5.68. The fraction of sp³-hybridized carbons (Fsp3) is 0.333. The van der Waals surface area contributed by atoms with Gasteiger partial charge in [-0.1, -0.05) is 55.8 Å². The van der Waals surface area contributed by atoms with Gasteiger partial charge in [0.1, 0.15) is 11.4 Å². The third kappa shape index (κ3) is 5.99. The van der Waals surface area contributed by atoms with Crippen molar-refractivity contribution in [1.29, 1.82) is 0 Å². The van der Waals surface area contributed by atoms with Crippen LogP contribution in [-0.2, 0) is 21.2 Å². The van der Waals surface area contributed by atoms with Gasteiger partial charge in [-0.25, -0.2) is 8.42 Å². The van der Waals surface area contributed by atoms with Crippen LogP contribution in [0.5, 0.6) is 0 Å². The van der Waals surface area contributed by atoms with E-state index in [4.69, 9.17) is 4.99 Å². The number of carbonyl (C=O) groups is 1. The van der Waals surface area contributed by atoms with Crippen LogP contribution in [0.4, 0.5) is 5.69 Å². The van der Waals surface area contributed by atoms with Gasteiger partial charge in [-0.2, -0.15) is 4.31 Å². The van der Waals surface area contributed by atoms with Crippen LogP contribution in [0.15, 0.2) is 71.1 Å². The van der Waals surface area contributed by atoms with E-state index in [-0.39, 0.29) is 19.0 Å². The lowest BCUT2D eigenvalue weighted by Crippen LogP contribution is -2.50. The van der Waals surface area contributed by atoms with Crippen molar-refractivity contribution >= 4 is 33.5 Å². The van der Waals surface area contributed by atoms with Gasteiger partial charge in [-0.05, 0) is 90.8 Å². The molecule has 1 spiro atoms. The predicted molar refractivity (Wildman–Crippen MR) is 168 cm³/mol. The zero-order chi connectivity index (χ0) is 29.2. The van der Waals surface area contributed by atoms with Crippen LogP contribution >= 0.6 is 0 Å². The molecule has 214 valence electrons. The van der Waals surface area contributed by atoms with Crippen molar-refractivity contribution in [2.75, 3.05) is 25.5 Å². The molecule has 41 heavy (non-hydrogen) atoms. The number of amides is 1. The average Bonchev–Trinajstić information content (AvgIpc) is 3.28. The Bertz CT molecular complexity index is 1610. The SMILES string of the molecule is CCCc1cccc(-c2cccc(C3=NC4(CCN(S(=O)(=O)C=Cc5c(C)cc(NC)cc5C)CC4)C(=O)N3)c2)c1. The van der Waals surface area contributed by atoms with E-state index in [0.29, 0.717) is 18.7 Å². The summed E-state index contributed by atoms with van der Waals surface area (Å²) >= 11 is 0. The second-order valence-electron chi connectivity index (χ2n) is 11.0. The summed E-state index contributed by atoms with van der Waals surface area (Å²) in [6.07, 6.45) is 4.47. The summed E-state index contributed by atoms with van der Waals surface area (Å²) in [4.78, 5) is 18.1. The molecule has 0 bridgehead atoms. The number of aliphatic imine (C=N–C) groups is 1. The Morgan fingerprint density at radius 1 is 0.976 bits per heavy atom. The molecule has 0 aliphatic carbocycles. The van der Waals surface area contributed by atoms with E-state index in [2.05, 4.69) is 54.0 Å². The van der Waals surface area contributed by atoms with Gasteiger partial charge < -0.3 is 10.6 Å². The van der Waals surface area contributed by atoms with E-state index in [1.54, 1.807) is 6.08 Å². The molecule has 0 unspecified atom stereocenters. The largest absolute Gasteiger partial charge is 0.388 e. The lowest BCUT2D eigenvalue weighted by Gasteiger charge is -2.34. The molecule has 2 aliphatic heterocycles. The maximum atomic E-state index is 13.2. The number of anilines is 1. The molecule has 3 aromatic carbocycles. The fourth-order valence-electron chi connectivity index (χ4n) is 5.77. The third-order valence-corrected chi connectivity index (χ3v) is 9.68. The highest BCUT2D eigenvalue weighted by atomic mass is 32.2. The number of benzene rings is 3. The number of nitrogens with one attached hydrogen (secondary N) is 2. The summed E-state index contributed by atoms with van der Waals surface area (Å²) in [6.45, 7) is 6.58. The summed E-state index contributed by atoms with van der Waals surface area (Å²) in [5.41, 5.74) is 7.29. The molecule has 2 aliphatic rings. The summed E-state index contributed by atoms with van der Waals surface area (Å²) in [6, 6.07) is 20.6. The highest BCUT2D eigenvalue weighted by Gasteiger charge is 2.47. The lowest BCUT2D eigenvalue weighted by molar-refractivity contribution is -0.124. The number of carbonyl (C=O) groups excluding carboxylic acids is 1. The topological polar surface area (TPSA) is 90.9 Å². The Morgan fingerprint density at radius 2 is 1.61 bits per heavy atom. The number of sulfonamides is 1. The molecule has 7 nitrogen and oxygen atoms in total. The monoisotopic (exact) mass is 570 g/mol. The number of nitrogens with zero attached hydrogens (tertiary/aromatic N) is 2. The molecular formula is C33H38N4O3S. The normalized spacial score (nSPS) is 17.2. The Hall–Kier alpha value is -3.75. The highest BCUT2D eigenvalue weighted by molar-refractivity contribution is 7.92. The van der Waals surface area contributed by atoms with Gasteiger partial charge in [-0.15, -0.1) is 0 Å². The fourth-order valence-corrected chi connectivity index (χ4v) is 6.94. The molecule has 2 heterocycles. The van der Waals surface area contributed by atoms with Gasteiger partial charge in [-0.3, -0.25) is 9.79 Å². The van der Waals surface area contributed by atoms with Crippen molar-refractivity contribution in [3.63, 3.8) is 0 Å². The molecule has 0 aromatic heterocycles. The summed E-state index contributed by atoms with van der Waals surface area (Å²) in [5.74, 6) is 0.389. The van der Waals surface area contributed by atoms with Crippen molar-refractivity contribution in [2.45, 2.75) is 52.0 Å². The molecule has 0 radical (unpaired) electrons.